The van der Waals surface area contributed by atoms with E-state index in [1.54, 1.807) is 0 Å². The van der Waals surface area contributed by atoms with Crippen molar-refractivity contribution in [1.29, 1.82) is 0 Å². The van der Waals surface area contributed by atoms with Crippen molar-refractivity contribution in [3.63, 3.8) is 0 Å². The van der Waals surface area contributed by atoms with Crippen LogP contribution in [0.15, 0.2) is 84.9 Å². The van der Waals surface area contributed by atoms with E-state index in [0.29, 0.717) is 7.35 Å². The van der Waals surface area contributed by atoms with Crippen molar-refractivity contribution in [2.24, 2.45) is 0 Å². The third-order valence-corrected chi connectivity index (χ3v) is 40.4. The summed E-state index contributed by atoms with van der Waals surface area (Å²) in [5.41, 5.74) is 16.7. The Morgan fingerprint density at radius 3 is 1.48 bits per heavy atom. The number of fused-ring (bicyclic) bond motifs is 2. The van der Waals surface area contributed by atoms with Crippen LogP contribution in [0.5, 0.6) is 0 Å². The Morgan fingerprint density at radius 1 is 0.595 bits per heavy atom. The van der Waals surface area contributed by atoms with Crippen LogP contribution in [0.1, 0.15) is 71.6 Å². The number of aryl methyl sites for hydroxylation is 4. The molecule has 0 nitrogen and oxygen atoms in total. The van der Waals surface area contributed by atoms with Gasteiger partial charge < -0.3 is 0 Å². The fraction of sp³-hybridized carbons (Fsp3) is 0.293. The zero-order valence-electron chi connectivity index (χ0n) is 26.9. The normalized spacial score (nSPS) is 18.9. The van der Waals surface area contributed by atoms with Crippen LogP contribution in [0.25, 0.3) is 34.4 Å². The molecular weight excluding hydrogens is 671 g/mol. The molecule has 2 atom stereocenters. The van der Waals surface area contributed by atoms with Gasteiger partial charge in [0.25, 0.3) is 0 Å². The van der Waals surface area contributed by atoms with Gasteiger partial charge in [-0.1, -0.05) is 0 Å². The second-order valence-electron chi connectivity index (χ2n) is 15.5. The van der Waals surface area contributed by atoms with Gasteiger partial charge in [-0.2, -0.15) is 0 Å². The molecular formula is C41H47Hf. The van der Waals surface area contributed by atoms with Crippen LogP contribution in [0.4, 0.5) is 0 Å². The van der Waals surface area contributed by atoms with E-state index in [0.717, 1.165) is 6.42 Å². The van der Waals surface area contributed by atoms with Gasteiger partial charge in [-0.15, -0.1) is 0 Å². The first-order valence-corrected chi connectivity index (χ1v) is 32.9. The third-order valence-electron chi connectivity index (χ3n) is 11.1. The molecule has 215 valence electrons. The van der Waals surface area contributed by atoms with Crippen LogP contribution in [0.2, 0.25) is 14.0 Å². The van der Waals surface area contributed by atoms with E-state index in [2.05, 4.69) is 150 Å². The van der Waals surface area contributed by atoms with E-state index in [1.807, 2.05) is 0 Å². The number of unbranched alkanes of at least 4 members (excludes halogenated alkanes) is 1. The number of benzene rings is 4. The molecule has 2 aliphatic carbocycles. The van der Waals surface area contributed by atoms with Crippen LogP contribution in [-0.4, -0.2) is 3.76 Å². The first kappa shape index (κ1) is 29.2. The number of allylic oxidation sites excluding steroid dienone is 2. The van der Waals surface area contributed by atoms with Gasteiger partial charge in [-0.3, -0.25) is 0 Å². The Hall–Kier alpha value is -2.90. The predicted molar refractivity (Wildman–Crippen MR) is 185 cm³/mol. The van der Waals surface area contributed by atoms with Crippen LogP contribution in [-0.2, 0) is 16.5 Å². The zero-order chi connectivity index (χ0) is 29.9. The Labute approximate surface area is 251 Å². The molecule has 4 aromatic rings. The summed E-state index contributed by atoms with van der Waals surface area (Å²) in [5, 5.41) is 0. The SMILES string of the molecule is CCC[CH]=[Hf]([CH3])([CH3])([CH3])([CH]1C=Cc2c(-c3cc(C)ccc3C)cccc21)[CH]1C=Cc2c(-c3cc(C)ccc3C)cccc21. The predicted octanol–water partition coefficient (Wildman–Crippen LogP) is 12.1. The van der Waals surface area contributed by atoms with E-state index >= 15 is 0 Å². The monoisotopic (exact) mass is 719 g/mol. The van der Waals surface area contributed by atoms with Gasteiger partial charge in [0.1, 0.15) is 0 Å². The van der Waals surface area contributed by atoms with Crippen molar-refractivity contribution in [1.82, 2.24) is 0 Å². The molecule has 0 amide bonds. The molecule has 2 aliphatic rings. The molecule has 0 fully saturated rings. The Balaban J connectivity index is 1.56. The summed E-state index contributed by atoms with van der Waals surface area (Å²) in [6.45, 7) is 11.2. The van der Waals surface area contributed by atoms with Gasteiger partial charge in [0.15, 0.2) is 0 Å². The quantitative estimate of drug-likeness (QED) is 0.174. The van der Waals surface area contributed by atoms with Crippen molar-refractivity contribution in [2.75, 3.05) is 0 Å². The third kappa shape index (κ3) is 4.46. The molecule has 0 N–H and O–H groups in total. The molecule has 2 unspecified atom stereocenters. The van der Waals surface area contributed by atoms with Gasteiger partial charge in [0.05, 0.1) is 0 Å². The van der Waals surface area contributed by atoms with Crippen molar-refractivity contribution in [3.05, 3.63) is 129 Å². The number of hydrogen-bond acceptors (Lipinski definition) is 0. The van der Waals surface area contributed by atoms with Gasteiger partial charge in [0.2, 0.25) is 0 Å². The van der Waals surface area contributed by atoms with E-state index < -0.39 is 16.5 Å². The summed E-state index contributed by atoms with van der Waals surface area (Å²) in [7, 11) is 0. The standard InChI is InChI=1S/2C17H15.C4H8.3CH3.Hf/c2*1-12-9-10-13(2)17(11-12)16-8-4-6-14-5-3-7-15(14)16;1-3-4-2;;;;/h2*3-11H,1-2H3;1H,3-4H2,2H3;3*1H3;. The van der Waals surface area contributed by atoms with Crippen LogP contribution < -0.4 is 0 Å². The Morgan fingerprint density at radius 2 is 1.05 bits per heavy atom. The van der Waals surface area contributed by atoms with Gasteiger partial charge in [-0.05, 0) is 0 Å². The van der Waals surface area contributed by atoms with Crippen LogP contribution in [0, 0.1) is 27.7 Å². The molecule has 0 spiro atoms. The molecule has 0 saturated carbocycles. The minimum atomic E-state index is -4.48. The van der Waals surface area contributed by atoms with Crippen LogP contribution >= 0.6 is 0 Å². The van der Waals surface area contributed by atoms with Gasteiger partial charge in [0, 0.05) is 0 Å². The molecule has 1 heteroatoms. The first-order chi connectivity index (χ1) is 19.9. The van der Waals surface area contributed by atoms with Crippen molar-refractivity contribution in [2.45, 2.75) is 68.9 Å². The molecule has 0 aliphatic heterocycles. The van der Waals surface area contributed by atoms with E-state index in [1.165, 1.54) is 73.2 Å². The van der Waals surface area contributed by atoms with Gasteiger partial charge in [-0.25, -0.2) is 0 Å². The van der Waals surface area contributed by atoms with Gasteiger partial charge >= 0.3 is 253 Å². The Bertz CT molecular complexity index is 1760. The minimum absolute atomic E-state index is 0.427. The van der Waals surface area contributed by atoms with E-state index in [-0.39, 0.29) is 0 Å². The molecule has 0 radical (unpaired) electrons. The molecule has 0 heterocycles. The van der Waals surface area contributed by atoms with Crippen molar-refractivity contribution < 1.29 is 16.5 Å². The Kier molecular flexibility index (Phi) is 6.82. The summed E-state index contributed by atoms with van der Waals surface area (Å²) in [6, 6.07) is 27.9. The van der Waals surface area contributed by atoms with E-state index in [9.17, 15) is 0 Å². The maximum absolute atomic E-state index is 4.48. The average molecular weight is 718 g/mol. The van der Waals surface area contributed by atoms with Crippen molar-refractivity contribution in [3.8, 4) is 22.3 Å². The average Bonchev–Trinajstić information content (AvgIpc) is 3.61. The molecule has 42 heavy (non-hydrogen) atoms. The van der Waals surface area contributed by atoms with Crippen molar-refractivity contribution >= 4 is 15.9 Å². The second-order valence-corrected chi connectivity index (χ2v) is 54.5. The van der Waals surface area contributed by atoms with Crippen LogP contribution in [0.3, 0.4) is 0 Å². The summed E-state index contributed by atoms with van der Waals surface area (Å²) < 4.78 is 12.0. The number of hydrogen-bond donors (Lipinski definition) is 0. The second kappa shape index (κ2) is 9.81. The summed E-state index contributed by atoms with van der Waals surface area (Å²) >= 11 is -4.48. The summed E-state index contributed by atoms with van der Waals surface area (Å²) in [4.78, 5) is 0. The molecule has 6 rings (SSSR count). The summed E-state index contributed by atoms with van der Waals surface area (Å²) in [6.07, 6.45) is 12.5. The topological polar surface area (TPSA) is 0 Å². The fourth-order valence-corrected chi connectivity index (χ4v) is 34.6. The molecule has 4 aromatic carbocycles. The zero-order valence-corrected chi connectivity index (χ0v) is 30.5. The molecule has 0 bridgehead atoms. The maximum atomic E-state index is 2.89. The number of rotatable bonds is 6. The molecule has 0 aromatic heterocycles. The van der Waals surface area contributed by atoms with E-state index in [4.69, 9.17) is 0 Å². The first-order valence-electron chi connectivity index (χ1n) is 15.9. The fourth-order valence-electron chi connectivity index (χ4n) is 8.48. The summed E-state index contributed by atoms with van der Waals surface area (Å²) in [5.74, 6) is 0. The molecule has 0 saturated heterocycles.